The summed E-state index contributed by atoms with van der Waals surface area (Å²) in [5, 5.41) is 1.51. The first kappa shape index (κ1) is 13.0. The molecule has 2 unspecified atom stereocenters. The smallest absolute Gasteiger partial charge is 0.0570 e. The summed E-state index contributed by atoms with van der Waals surface area (Å²) >= 11 is 0. The maximum atomic E-state index is 2.77. The second-order valence-electron chi connectivity index (χ2n) is 7.47. The summed E-state index contributed by atoms with van der Waals surface area (Å²) in [6, 6.07) is 9.71. The maximum absolute atomic E-state index is 2.77. The van der Waals surface area contributed by atoms with E-state index < -0.39 is 0 Å². The predicted octanol–water partition coefficient (Wildman–Crippen LogP) is 4.30. The van der Waals surface area contributed by atoms with Gasteiger partial charge in [0.1, 0.15) is 0 Å². The van der Waals surface area contributed by atoms with E-state index in [0.29, 0.717) is 6.04 Å². The Morgan fingerprint density at radius 3 is 2.86 bits per heavy atom. The molecule has 1 fully saturated rings. The van der Waals surface area contributed by atoms with Crippen molar-refractivity contribution in [2.75, 3.05) is 13.1 Å². The predicted molar refractivity (Wildman–Crippen MR) is 91.1 cm³/mol. The van der Waals surface area contributed by atoms with Gasteiger partial charge >= 0.3 is 0 Å². The van der Waals surface area contributed by atoms with Gasteiger partial charge in [-0.3, -0.25) is 4.90 Å². The van der Waals surface area contributed by atoms with Crippen molar-refractivity contribution in [1.82, 2.24) is 9.47 Å². The highest BCUT2D eigenvalue weighted by atomic mass is 15.2. The first-order chi connectivity index (χ1) is 10.8. The minimum atomic E-state index is 0.642. The number of allylic oxidation sites excluding steroid dienone is 1. The Balaban J connectivity index is 1.85. The van der Waals surface area contributed by atoms with Crippen molar-refractivity contribution in [3.05, 3.63) is 46.7 Å². The lowest BCUT2D eigenvalue weighted by molar-refractivity contribution is 0.0822. The van der Waals surface area contributed by atoms with Crippen LogP contribution in [0.2, 0.25) is 0 Å². The van der Waals surface area contributed by atoms with Crippen molar-refractivity contribution in [2.24, 2.45) is 5.92 Å². The Labute approximate surface area is 132 Å². The number of nitrogens with zero attached hydrogens (tertiary/aromatic N) is 2. The average Bonchev–Trinajstić information content (AvgIpc) is 2.87. The Kier molecular flexibility index (Phi) is 2.64. The van der Waals surface area contributed by atoms with Crippen molar-refractivity contribution >= 4 is 10.9 Å². The molecule has 0 saturated carbocycles. The van der Waals surface area contributed by atoms with E-state index in [-0.39, 0.29) is 0 Å². The normalized spacial score (nSPS) is 27.1. The van der Waals surface area contributed by atoms with Gasteiger partial charge in [0.15, 0.2) is 0 Å². The summed E-state index contributed by atoms with van der Waals surface area (Å²) in [5.74, 6) is 0.759. The number of benzene rings is 1. The molecular formula is C20H24N2. The second-order valence-corrected chi connectivity index (χ2v) is 7.47. The maximum Gasteiger partial charge on any atom is 0.0570 e. The van der Waals surface area contributed by atoms with E-state index in [0.717, 1.165) is 12.5 Å². The van der Waals surface area contributed by atoms with Gasteiger partial charge in [-0.1, -0.05) is 23.8 Å². The fraction of sp³-hybridized carbons (Fsp3) is 0.500. The van der Waals surface area contributed by atoms with E-state index in [1.165, 1.54) is 43.3 Å². The van der Waals surface area contributed by atoms with Crippen LogP contribution in [0, 0.1) is 5.92 Å². The molecule has 0 amide bonds. The summed E-state index contributed by atoms with van der Waals surface area (Å²) in [5.41, 5.74) is 8.01. The van der Waals surface area contributed by atoms with Gasteiger partial charge in [0.05, 0.1) is 6.04 Å². The largest absolute Gasteiger partial charge is 0.339 e. The van der Waals surface area contributed by atoms with E-state index in [4.69, 9.17) is 0 Å². The van der Waals surface area contributed by atoms with Gasteiger partial charge in [-0.25, -0.2) is 0 Å². The Hall–Kier alpha value is -1.54. The number of fused-ring (bicyclic) bond motifs is 3. The van der Waals surface area contributed by atoms with Crippen LogP contribution < -0.4 is 0 Å². The summed E-state index contributed by atoms with van der Waals surface area (Å²) in [4.78, 5) is 2.77. The third kappa shape index (κ3) is 1.54. The van der Waals surface area contributed by atoms with Crippen molar-refractivity contribution < 1.29 is 0 Å². The lowest BCUT2D eigenvalue weighted by atomic mass is 9.75. The van der Waals surface area contributed by atoms with E-state index in [1.54, 1.807) is 22.4 Å². The minimum absolute atomic E-state index is 0.642. The Morgan fingerprint density at radius 2 is 2.00 bits per heavy atom. The number of para-hydroxylation sites is 1. The fourth-order valence-electron chi connectivity index (χ4n) is 5.28. The van der Waals surface area contributed by atoms with E-state index >= 15 is 0 Å². The number of hydrogen-bond donors (Lipinski definition) is 0. The summed E-state index contributed by atoms with van der Waals surface area (Å²) in [6.45, 7) is 8.28. The fourth-order valence-corrected chi connectivity index (χ4v) is 5.28. The van der Waals surface area contributed by atoms with Crippen molar-refractivity contribution in [2.45, 2.75) is 45.7 Å². The van der Waals surface area contributed by atoms with Crippen LogP contribution in [0.1, 0.15) is 44.0 Å². The molecule has 0 radical (unpaired) electrons. The number of piperidine rings is 1. The average molecular weight is 292 g/mol. The molecule has 3 aliphatic rings. The van der Waals surface area contributed by atoms with Gasteiger partial charge < -0.3 is 4.57 Å². The minimum Gasteiger partial charge on any atom is -0.339 e. The first-order valence-electron chi connectivity index (χ1n) is 8.76. The zero-order chi connectivity index (χ0) is 14.8. The van der Waals surface area contributed by atoms with E-state index in [1.807, 2.05) is 0 Å². The summed E-state index contributed by atoms with van der Waals surface area (Å²) in [6.07, 6.45) is 3.98. The van der Waals surface area contributed by atoms with Crippen molar-refractivity contribution in [3.8, 4) is 0 Å². The molecule has 5 rings (SSSR count). The molecule has 0 N–H and O–H groups in total. The molecule has 3 aliphatic heterocycles. The van der Waals surface area contributed by atoms with Gasteiger partial charge in [0, 0.05) is 35.6 Å². The zero-order valence-electron chi connectivity index (χ0n) is 13.6. The van der Waals surface area contributed by atoms with Crippen LogP contribution in [-0.2, 0) is 13.0 Å². The van der Waals surface area contributed by atoms with E-state index in [2.05, 4.69) is 47.6 Å². The first-order valence-corrected chi connectivity index (χ1v) is 8.76. The monoisotopic (exact) mass is 292 g/mol. The molecule has 114 valence electrons. The molecule has 1 saturated heterocycles. The lowest BCUT2D eigenvalue weighted by Crippen LogP contribution is -2.47. The van der Waals surface area contributed by atoms with Gasteiger partial charge in [0.2, 0.25) is 0 Å². The number of hydrogen-bond acceptors (Lipinski definition) is 1. The molecular weight excluding hydrogens is 268 g/mol. The third-order valence-corrected chi connectivity index (χ3v) is 6.20. The van der Waals surface area contributed by atoms with E-state index in [9.17, 15) is 0 Å². The second kappa shape index (κ2) is 4.48. The molecule has 4 heterocycles. The molecule has 0 spiro atoms. The number of aromatic nitrogens is 1. The molecule has 2 aromatic rings. The highest BCUT2D eigenvalue weighted by molar-refractivity contribution is 5.86. The lowest BCUT2D eigenvalue weighted by Gasteiger charge is -2.49. The van der Waals surface area contributed by atoms with Crippen LogP contribution in [0.15, 0.2) is 35.4 Å². The van der Waals surface area contributed by atoms with Crippen LogP contribution in [-0.4, -0.2) is 22.6 Å². The highest BCUT2D eigenvalue weighted by Crippen LogP contribution is 2.50. The van der Waals surface area contributed by atoms with Gasteiger partial charge in [-0.15, -0.1) is 0 Å². The number of rotatable bonds is 0. The van der Waals surface area contributed by atoms with Crippen molar-refractivity contribution in [1.29, 1.82) is 0 Å². The molecule has 0 bridgehead atoms. The van der Waals surface area contributed by atoms with Crippen LogP contribution in [0.3, 0.4) is 0 Å². The highest BCUT2D eigenvalue weighted by Gasteiger charge is 2.44. The van der Waals surface area contributed by atoms with Crippen LogP contribution in [0.4, 0.5) is 0 Å². The standard InChI is InChI=1S/C20H24N2/c1-13(2)17-12-22-18-8-4-3-6-14(18)16-9-11-21-10-5-7-15(17)19(21)20(16)22/h3-4,6,8,15,19H,5,7,9-12H2,1-2H3. The molecule has 1 aromatic carbocycles. The van der Waals surface area contributed by atoms with Crippen LogP contribution in [0.25, 0.3) is 10.9 Å². The van der Waals surface area contributed by atoms with Crippen LogP contribution in [0.5, 0.6) is 0 Å². The zero-order valence-corrected chi connectivity index (χ0v) is 13.6. The molecule has 2 nitrogen and oxygen atoms in total. The molecule has 22 heavy (non-hydrogen) atoms. The molecule has 1 aromatic heterocycles. The Morgan fingerprint density at radius 1 is 1.14 bits per heavy atom. The summed E-state index contributed by atoms with van der Waals surface area (Å²) in [7, 11) is 0. The quantitative estimate of drug-likeness (QED) is 0.657. The molecule has 2 heteroatoms. The van der Waals surface area contributed by atoms with Crippen LogP contribution >= 0.6 is 0 Å². The summed E-state index contributed by atoms with van der Waals surface area (Å²) < 4.78 is 2.64. The van der Waals surface area contributed by atoms with Gasteiger partial charge in [0.25, 0.3) is 0 Å². The SMILES string of the molecule is CC(C)=C1Cn2c3c(c4ccccc42)CCN2CCCC1C32. The topological polar surface area (TPSA) is 8.17 Å². The Bertz CT molecular complexity index is 791. The molecule has 2 atom stereocenters. The third-order valence-electron chi connectivity index (χ3n) is 6.20. The molecule has 0 aliphatic carbocycles. The van der Waals surface area contributed by atoms with Gasteiger partial charge in [-0.05, 0) is 56.9 Å². The van der Waals surface area contributed by atoms with Gasteiger partial charge in [-0.2, -0.15) is 0 Å². The van der Waals surface area contributed by atoms with Crippen molar-refractivity contribution in [3.63, 3.8) is 0 Å².